The maximum Gasteiger partial charge on any atom is 0.270 e. The van der Waals surface area contributed by atoms with Crippen LogP contribution in [0.2, 0.25) is 10.0 Å². The van der Waals surface area contributed by atoms with Crippen LogP contribution in [0, 0.1) is 0 Å². The monoisotopic (exact) mass is 452 g/mol. The number of halogens is 2. The quantitative estimate of drug-likeness (QED) is 0.428. The second-order valence-electron chi connectivity index (χ2n) is 6.72. The molecule has 0 bridgehead atoms. The number of nitrogens with zero attached hydrogens (tertiary/aromatic N) is 5. The van der Waals surface area contributed by atoms with Crippen molar-refractivity contribution in [3.8, 4) is 5.69 Å². The molecule has 0 radical (unpaired) electrons. The number of imidazole rings is 1. The molecule has 0 aliphatic carbocycles. The largest absolute Gasteiger partial charge is 0.392 e. The Balaban J connectivity index is 1.69. The molecule has 0 spiro atoms. The number of hydrogen-bond donors (Lipinski definition) is 2. The van der Waals surface area contributed by atoms with E-state index in [2.05, 4.69) is 20.3 Å². The van der Waals surface area contributed by atoms with Crippen molar-refractivity contribution in [3.63, 3.8) is 0 Å². The standard InChI is InChI=1S/C21H14Cl2N6O2/c22-15-2-1-3-16(23)17(15)29-19(31)14-10-25-20(26-13-6-4-12(11-30)5-7-13)27-18(14)28-9-8-24-21(28)29/h1-10,30H,11H2,(H,25,26,27). The van der Waals surface area contributed by atoms with Gasteiger partial charge in [-0.05, 0) is 29.8 Å². The minimum absolute atomic E-state index is 0.0346. The van der Waals surface area contributed by atoms with Crippen LogP contribution in [0.4, 0.5) is 11.6 Å². The molecule has 0 saturated heterocycles. The van der Waals surface area contributed by atoms with Crippen molar-refractivity contribution in [1.82, 2.24) is 23.9 Å². The van der Waals surface area contributed by atoms with Gasteiger partial charge in [0.1, 0.15) is 5.39 Å². The summed E-state index contributed by atoms with van der Waals surface area (Å²) in [5.41, 5.74) is 1.89. The Morgan fingerprint density at radius 3 is 2.48 bits per heavy atom. The van der Waals surface area contributed by atoms with E-state index in [4.69, 9.17) is 23.2 Å². The zero-order chi connectivity index (χ0) is 21.5. The summed E-state index contributed by atoms with van der Waals surface area (Å²) in [6.07, 6.45) is 4.72. The molecule has 10 heteroatoms. The number of rotatable bonds is 4. The van der Waals surface area contributed by atoms with E-state index in [0.29, 0.717) is 33.1 Å². The summed E-state index contributed by atoms with van der Waals surface area (Å²) in [7, 11) is 0. The molecule has 3 heterocycles. The van der Waals surface area contributed by atoms with Gasteiger partial charge in [-0.15, -0.1) is 0 Å². The van der Waals surface area contributed by atoms with E-state index in [1.54, 1.807) is 47.1 Å². The average Bonchev–Trinajstić information content (AvgIpc) is 3.26. The Morgan fingerprint density at radius 1 is 1.03 bits per heavy atom. The van der Waals surface area contributed by atoms with Crippen molar-refractivity contribution in [2.45, 2.75) is 6.61 Å². The summed E-state index contributed by atoms with van der Waals surface area (Å²) >= 11 is 12.7. The molecule has 154 valence electrons. The fraction of sp³-hybridized carbons (Fsp3) is 0.0476. The van der Waals surface area contributed by atoms with Crippen LogP contribution in [0.3, 0.4) is 0 Å². The molecule has 0 aliphatic heterocycles. The Kier molecular flexibility index (Phi) is 4.82. The van der Waals surface area contributed by atoms with Gasteiger partial charge in [0.15, 0.2) is 5.65 Å². The van der Waals surface area contributed by atoms with Gasteiger partial charge in [-0.25, -0.2) is 14.5 Å². The lowest BCUT2D eigenvalue weighted by Gasteiger charge is -2.13. The number of aromatic nitrogens is 5. The summed E-state index contributed by atoms with van der Waals surface area (Å²) in [6.45, 7) is -0.0346. The average molecular weight is 453 g/mol. The van der Waals surface area contributed by atoms with E-state index in [1.165, 1.54) is 10.8 Å². The second-order valence-corrected chi connectivity index (χ2v) is 7.53. The van der Waals surface area contributed by atoms with Gasteiger partial charge in [-0.3, -0.25) is 9.20 Å². The van der Waals surface area contributed by atoms with Crippen molar-refractivity contribution >= 4 is 51.6 Å². The first kappa shape index (κ1) is 19.5. The van der Waals surface area contributed by atoms with E-state index in [9.17, 15) is 9.90 Å². The van der Waals surface area contributed by atoms with Crippen molar-refractivity contribution in [1.29, 1.82) is 0 Å². The van der Waals surface area contributed by atoms with Crippen LogP contribution in [0.1, 0.15) is 5.56 Å². The summed E-state index contributed by atoms with van der Waals surface area (Å²) in [6, 6.07) is 12.2. The van der Waals surface area contributed by atoms with Crippen LogP contribution >= 0.6 is 23.2 Å². The van der Waals surface area contributed by atoms with E-state index in [0.717, 1.165) is 11.3 Å². The number of aliphatic hydroxyl groups excluding tert-OH is 1. The molecule has 0 atom stereocenters. The van der Waals surface area contributed by atoms with E-state index in [1.807, 2.05) is 12.1 Å². The van der Waals surface area contributed by atoms with Gasteiger partial charge in [0.2, 0.25) is 11.7 Å². The van der Waals surface area contributed by atoms with Gasteiger partial charge in [-0.1, -0.05) is 41.4 Å². The highest BCUT2D eigenvalue weighted by atomic mass is 35.5. The number of aliphatic hydroxyl groups is 1. The molecule has 5 aromatic rings. The lowest BCUT2D eigenvalue weighted by Crippen LogP contribution is -2.23. The van der Waals surface area contributed by atoms with Crippen molar-refractivity contribution in [3.05, 3.63) is 87.0 Å². The Morgan fingerprint density at radius 2 is 1.77 bits per heavy atom. The minimum Gasteiger partial charge on any atom is -0.392 e. The summed E-state index contributed by atoms with van der Waals surface area (Å²) < 4.78 is 3.04. The maximum absolute atomic E-state index is 13.4. The smallest absolute Gasteiger partial charge is 0.270 e. The normalized spacial score (nSPS) is 11.3. The van der Waals surface area contributed by atoms with E-state index in [-0.39, 0.29) is 17.6 Å². The zero-order valence-corrected chi connectivity index (χ0v) is 17.3. The Bertz CT molecular complexity index is 1470. The minimum atomic E-state index is -0.387. The molecular formula is C21H14Cl2N6O2. The van der Waals surface area contributed by atoms with Crippen LogP contribution in [0.15, 0.2) is 65.8 Å². The fourth-order valence-corrected chi connectivity index (χ4v) is 3.90. The SMILES string of the molecule is O=c1c2cnc(Nc3ccc(CO)cc3)nc2n2ccnc2n1-c1c(Cl)cccc1Cl. The molecule has 0 unspecified atom stereocenters. The van der Waals surface area contributed by atoms with Crippen LogP contribution in [-0.4, -0.2) is 29.0 Å². The zero-order valence-electron chi connectivity index (χ0n) is 15.8. The number of fused-ring (bicyclic) bond motifs is 3. The van der Waals surface area contributed by atoms with E-state index >= 15 is 0 Å². The lowest BCUT2D eigenvalue weighted by atomic mass is 10.2. The summed E-state index contributed by atoms with van der Waals surface area (Å²) in [4.78, 5) is 26.5. The van der Waals surface area contributed by atoms with Crippen LogP contribution in [0.5, 0.6) is 0 Å². The molecule has 31 heavy (non-hydrogen) atoms. The van der Waals surface area contributed by atoms with Gasteiger partial charge in [-0.2, -0.15) is 4.98 Å². The molecule has 3 aromatic heterocycles. The van der Waals surface area contributed by atoms with Gasteiger partial charge in [0.25, 0.3) is 5.56 Å². The number of benzene rings is 2. The highest BCUT2D eigenvalue weighted by Crippen LogP contribution is 2.29. The van der Waals surface area contributed by atoms with Crippen LogP contribution in [0.25, 0.3) is 22.5 Å². The molecular weight excluding hydrogens is 439 g/mol. The van der Waals surface area contributed by atoms with E-state index < -0.39 is 0 Å². The summed E-state index contributed by atoms with van der Waals surface area (Å²) in [5, 5.41) is 13.2. The van der Waals surface area contributed by atoms with Gasteiger partial charge >= 0.3 is 0 Å². The first-order valence-corrected chi connectivity index (χ1v) is 9.98. The molecule has 2 aromatic carbocycles. The van der Waals surface area contributed by atoms with Crippen LogP contribution in [-0.2, 0) is 6.61 Å². The molecule has 8 nitrogen and oxygen atoms in total. The topological polar surface area (TPSA) is 97.3 Å². The highest BCUT2D eigenvalue weighted by molar-refractivity contribution is 6.37. The first-order valence-electron chi connectivity index (χ1n) is 9.23. The molecule has 0 fully saturated rings. The van der Waals surface area contributed by atoms with Crippen molar-refractivity contribution in [2.75, 3.05) is 5.32 Å². The van der Waals surface area contributed by atoms with Crippen molar-refractivity contribution < 1.29 is 5.11 Å². The van der Waals surface area contributed by atoms with Gasteiger partial charge in [0.05, 0.1) is 22.3 Å². The third-order valence-corrected chi connectivity index (χ3v) is 5.42. The maximum atomic E-state index is 13.4. The molecule has 0 amide bonds. The Labute approximate surface area is 185 Å². The molecule has 0 aliphatic rings. The highest BCUT2D eigenvalue weighted by Gasteiger charge is 2.19. The third-order valence-electron chi connectivity index (χ3n) is 4.81. The number of anilines is 2. The predicted octanol–water partition coefficient (Wildman–Crippen LogP) is 3.97. The first-order chi connectivity index (χ1) is 15.1. The van der Waals surface area contributed by atoms with Crippen LogP contribution < -0.4 is 10.9 Å². The van der Waals surface area contributed by atoms with Gasteiger partial charge < -0.3 is 10.4 Å². The summed E-state index contributed by atoms with van der Waals surface area (Å²) in [5.74, 6) is 0.636. The van der Waals surface area contributed by atoms with Gasteiger partial charge in [0, 0.05) is 24.3 Å². The predicted molar refractivity (Wildman–Crippen MR) is 120 cm³/mol. The molecule has 0 saturated carbocycles. The van der Waals surface area contributed by atoms with Crippen molar-refractivity contribution in [2.24, 2.45) is 0 Å². The number of hydrogen-bond acceptors (Lipinski definition) is 6. The number of para-hydroxylation sites is 1. The fourth-order valence-electron chi connectivity index (χ4n) is 3.33. The molecule has 2 N–H and O–H groups in total. The molecule has 5 rings (SSSR count). The number of nitrogens with one attached hydrogen (secondary N) is 1. The lowest BCUT2D eigenvalue weighted by molar-refractivity contribution is 0.282. The Hall–Kier alpha value is -3.46. The third kappa shape index (κ3) is 3.31. The second kappa shape index (κ2) is 7.66.